The van der Waals surface area contributed by atoms with Crippen molar-refractivity contribution in [1.82, 2.24) is 9.97 Å². The molecule has 2 aromatic rings. The van der Waals surface area contributed by atoms with Gasteiger partial charge < -0.3 is 9.52 Å². The molecule has 1 saturated carbocycles. The Balaban J connectivity index is 1.81. The predicted molar refractivity (Wildman–Crippen MR) is 73.8 cm³/mol. The van der Waals surface area contributed by atoms with E-state index in [0.717, 1.165) is 0 Å². The summed E-state index contributed by atoms with van der Waals surface area (Å²) < 4.78 is 31.8. The average molecular weight is 294 g/mol. The molecule has 0 aromatic carbocycles. The summed E-state index contributed by atoms with van der Waals surface area (Å²) in [5, 5.41) is 10.3. The van der Waals surface area contributed by atoms with E-state index in [1.54, 1.807) is 18.2 Å². The van der Waals surface area contributed by atoms with Crippen LogP contribution in [0, 0.1) is 5.92 Å². The van der Waals surface area contributed by atoms with Crippen LogP contribution in [0.3, 0.4) is 0 Å². The molecule has 1 N–H and O–H groups in total. The molecule has 1 fully saturated rings. The number of hydrogen-bond donors (Lipinski definition) is 1. The van der Waals surface area contributed by atoms with Crippen molar-refractivity contribution in [3.05, 3.63) is 30.3 Å². The zero-order valence-corrected chi connectivity index (χ0v) is 11.4. The number of aliphatic hydroxyl groups excluding tert-OH is 1. The maximum atomic E-state index is 13.2. The lowest BCUT2D eigenvalue weighted by Gasteiger charge is -2.29. The average Bonchev–Trinajstić information content (AvgIpc) is 2.89. The largest absolute Gasteiger partial charge is 0.436 e. The second-order valence-electron chi connectivity index (χ2n) is 5.45. The molecule has 2 aromatic heterocycles. The highest BCUT2D eigenvalue weighted by Crippen LogP contribution is 2.41. The van der Waals surface area contributed by atoms with Crippen LogP contribution >= 0.6 is 0 Å². The summed E-state index contributed by atoms with van der Waals surface area (Å²) >= 11 is 0. The molecule has 0 saturated heterocycles. The lowest BCUT2D eigenvalue weighted by Crippen LogP contribution is -2.27. The van der Waals surface area contributed by atoms with E-state index >= 15 is 0 Å². The van der Waals surface area contributed by atoms with Crippen molar-refractivity contribution in [3.8, 4) is 0 Å². The van der Waals surface area contributed by atoms with Gasteiger partial charge >= 0.3 is 0 Å². The van der Waals surface area contributed by atoms with Crippen molar-refractivity contribution in [2.24, 2.45) is 5.92 Å². The molecule has 2 heterocycles. The smallest absolute Gasteiger partial charge is 0.248 e. The number of rotatable bonds is 3. The Kier molecular flexibility index (Phi) is 3.49. The summed E-state index contributed by atoms with van der Waals surface area (Å²) in [6.45, 7) is 3.63. The summed E-state index contributed by atoms with van der Waals surface area (Å²) in [5.41, 5.74) is 1.52. The number of aliphatic hydroxyl groups is 1. The van der Waals surface area contributed by atoms with Gasteiger partial charge in [0.15, 0.2) is 11.2 Å². The molecule has 3 rings (SSSR count). The lowest BCUT2D eigenvalue weighted by molar-refractivity contribution is -0.0657. The van der Waals surface area contributed by atoms with Crippen LogP contribution in [0.4, 0.5) is 8.78 Å². The third kappa shape index (κ3) is 2.81. The van der Waals surface area contributed by atoms with E-state index in [4.69, 9.17) is 4.42 Å². The van der Waals surface area contributed by atoms with Gasteiger partial charge in [-0.15, -0.1) is 0 Å². The van der Waals surface area contributed by atoms with Crippen molar-refractivity contribution in [2.45, 2.75) is 37.7 Å². The number of oxazole rings is 1. The van der Waals surface area contributed by atoms with E-state index in [0.29, 0.717) is 16.9 Å². The third-order valence-corrected chi connectivity index (χ3v) is 3.96. The minimum atomic E-state index is -2.61. The number of aromatic nitrogens is 2. The molecule has 0 bridgehead atoms. The van der Waals surface area contributed by atoms with Gasteiger partial charge in [-0.05, 0) is 37.0 Å². The van der Waals surface area contributed by atoms with E-state index in [-0.39, 0.29) is 37.5 Å². The van der Waals surface area contributed by atoms with Crippen LogP contribution in [0.15, 0.2) is 23.1 Å². The Morgan fingerprint density at radius 1 is 1.33 bits per heavy atom. The van der Waals surface area contributed by atoms with Gasteiger partial charge in [-0.3, -0.25) is 0 Å². The molecular weight excluding hydrogens is 278 g/mol. The molecular formula is C15H16F2N2O2. The molecule has 112 valence electrons. The van der Waals surface area contributed by atoms with Gasteiger partial charge in [-0.2, -0.15) is 4.98 Å². The summed E-state index contributed by atoms with van der Waals surface area (Å²) in [7, 11) is 0. The van der Waals surface area contributed by atoms with Crippen molar-refractivity contribution in [1.29, 1.82) is 0 Å². The minimum absolute atomic E-state index is 0.147. The first-order valence-electron chi connectivity index (χ1n) is 6.94. The van der Waals surface area contributed by atoms with Gasteiger partial charge in [0, 0.05) is 12.8 Å². The van der Waals surface area contributed by atoms with Crippen LogP contribution in [0.5, 0.6) is 0 Å². The van der Waals surface area contributed by atoms with Crippen LogP contribution in [0.25, 0.3) is 17.3 Å². The summed E-state index contributed by atoms with van der Waals surface area (Å²) in [5.74, 6) is -2.72. The van der Waals surface area contributed by atoms with Crippen molar-refractivity contribution >= 4 is 17.3 Å². The van der Waals surface area contributed by atoms with Crippen LogP contribution in [0.2, 0.25) is 0 Å². The molecule has 0 spiro atoms. The fraction of sp³-hybridized carbons (Fsp3) is 0.467. The highest BCUT2D eigenvalue weighted by Gasteiger charge is 2.38. The van der Waals surface area contributed by atoms with E-state index in [1.807, 2.05) is 0 Å². The number of pyridine rings is 1. The van der Waals surface area contributed by atoms with Gasteiger partial charge in [-0.25, -0.2) is 13.8 Å². The number of nitrogens with zero attached hydrogens (tertiary/aromatic N) is 2. The van der Waals surface area contributed by atoms with E-state index in [9.17, 15) is 13.9 Å². The monoisotopic (exact) mass is 294 g/mol. The second-order valence-corrected chi connectivity index (χ2v) is 5.45. The Morgan fingerprint density at radius 3 is 2.71 bits per heavy atom. The van der Waals surface area contributed by atoms with Crippen molar-refractivity contribution in [2.75, 3.05) is 0 Å². The Hall–Kier alpha value is -1.82. The molecule has 0 radical (unpaired) electrons. The Morgan fingerprint density at radius 2 is 2.05 bits per heavy atom. The Labute approximate surface area is 120 Å². The summed E-state index contributed by atoms with van der Waals surface area (Å²) in [6.07, 6.45) is 0.744. The molecule has 6 heteroatoms. The highest BCUT2D eigenvalue weighted by molar-refractivity contribution is 5.69. The van der Waals surface area contributed by atoms with Crippen LogP contribution in [0.1, 0.15) is 43.4 Å². The summed E-state index contributed by atoms with van der Waals surface area (Å²) in [6, 6.07) is 3.44. The zero-order valence-electron chi connectivity index (χ0n) is 11.4. The topological polar surface area (TPSA) is 59.2 Å². The van der Waals surface area contributed by atoms with Gasteiger partial charge in [0.05, 0.1) is 5.69 Å². The minimum Gasteiger partial charge on any atom is -0.436 e. The number of fused-ring (bicyclic) bond motifs is 1. The molecule has 4 nitrogen and oxygen atoms in total. The molecule has 21 heavy (non-hydrogen) atoms. The molecule has 0 aliphatic heterocycles. The van der Waals surface area contributed by atoms with Crippen LogP contribution in [-0.2, 0) is 0 Å². The first-order chi connectivity index (χ1) is 9.98. The molecule has 0 amide bonds. The van der Waals surface area contributed by atoms with Gasteiger partial charge in [0.25, 0.3) is 0 Å². The van der Waals surface area contributed by atoms with Crippen LogP contribution < -0.4 is 0 Å². The van der Waals surface area contributed by atoms with Crippen molar-refractivity contribution < 1.29 is 18.3 Å². The number of alkyl halides is 2. The van der Waals surface area contributed by atoms with E-state index in [2.05, 4.69) is 16.5 Å². The molecule has 1 aliphatic carbocycles. The number of hydrogen-bond acceptors (Lipinski definition) is 4. The quantitative estimate of drug-likeness (QED) is 0.937. The van der Waals surface area contributed by atoms with E-state index < -0.39 is 12.0 Å². The fourth-order valence-electron chi connectivity index (χ4n) is 2.67. The summed E-state index contributed by atoms with van der Waals surface area (Å²) in [4.78, 5) is 8.38. The maximum absolute atomic E-state index is 13.2. The SMILES string of the molecule is C=Cc1ccc2oc(C(O)C3CCC(F)(F)CC3)nc2n1. The normalized spacial score (nSPS) is 20.5. The highest BCUT2D eigenvalue weighted by atomic mass is 19.3. The second kappa shape index (κ2) is 5.18. The van der Waals surface area contributed by atoms with Crippen LogP contribution in [-0.4, -0.2) is 21.0 Å². The Bertz CT molecular complexity index is 659. The maximum Gasteiger partial charge on any atom is 0.248 e. The van der Waals surface area contributed by atoms with E-state index in [1.165, 1.54) is 0 Å². The number of halogens is 2. The predicted octanol–water partition coefficient (Wildman–Crippen LogP) is 3.72. The first-order valence-corrected chi connectivity index (χ1v) is 6.94. The molecule has 1 unspecified atom stereocenters. The molecule has 1 atom stereocenters. The van der Waals surface area contributed by atoms with Gasteiger partial charge in [-0.1, -0.05) is 6.58 Å². The third-order valence-electron chi connectivity index (χ3n) is 3.96. The molecule has 1 aliphatic rings. The van der Waals surface area contributed by atoms with Gasteiger partial charge in [0.1, 0.15) is 6.10 Å². The first kappa shape index (κ1) is 14.1. The fourth-order valence-corrected chi connectivity index (χ4v) is 2.67. The lowest BCUT2D eigenvalue weighted by atomic mass is 9.83. The standard InChI is InChI=1S/C15H16F2N2O2/c1-2-10-3-4-11-13(18-10)19-14(21-11)12(20)9-5-7-15(16,17)8-6-9/h2-4,9,12,20H,1,5-8H2. The van der Waals surface area contributed by atoms with Gasteiger partial charge in [0.2, 0.25) is 11.8 Å². The van der Waals surface area contributed by atoms with Crippen molar-refractivity contribution in [3.63, 3.8) is 0 Å². The zero-order chi connectivity index (χ0) is 15.0.